The van der Waals surface area contributed by atoms with E-state index in [-0.39, 0.29) is 35.6 Å². The molecule has 2 aliphatic heterocycles. The summed E-state index contributed by atoms with van der Waals surface area (Å²) >= 11 is 0. The number of nitrogens with zero attached hydrogens (tertiary/aromatic N) is 3. The molecule has 0 fully saturated rings. The second-order valence-corrected chi connectivity index (χ2v) is 16.8. The van der Waals surface area contributed by atoms with E-state index < -0.39 is 44.6 Å². The number of Topliss-reactive ketones (excluding diaryl/α,β-unsaturated/α-hetero) is 1. The van der Waals surface area contributed by atoms with Gasteiger partial charge in [-0.05, 0) is 81.2 Å². The quantitative estimate of drug-likeness (QED) is 0.0873. The topological polar surface area (TPSA) is 169 Å². The Morgan fingerprint density at radius 3 is 2.31 bits per heavy atom. The van der Waals surface area contributed by atoms with Crippen LogP contribution in [-0.4, -0.2) is 91.4 Å². The number of benzene rings is 2. The Balaban J connectivity index is 1.57. The SMILES string of the molecule is CCN(C)CCCCN1/C(=C/C2=C(NC(CS(=O)(=O)O)C(=O)NCCCCC(=O)O)C(=C/C3=Nc4ccccc4C3(C)C)/C2=O)C(C)(C)c2ccccc21. The van der Waals surface area contributed by atoms with E-state index in [1.54, 1.807) is 6.08 Å². The fraction of sp³-hybridized carbons (Fsp3) is 0.463. The van der Waals surface area contributed by atoms with Gasteiger partial charge in [0.25, 0.3) is 10.1 Å². The van der Waals surface area contributed by atoms with Crippen LogP contribution in [0.5, 0.6) is 0 Å². The summed E-state index contributed by atoms with van der Waals surface area (Å²) < 4.78 is 34.4. The Morgan fingerprint density at radius 2 is 1.65 bits per heavy atom. The molecule has 1 aliphatic carbocycles. The summed E-state index contributed by atoms with van der Waals surface area (Å²) in [6.45, 7) is 13.1. The largest absolute Gasteiger partial charge is 0.481 e. The molecule has 1 unspecified atom stereocenters. The minimum atomic E-state index is -4.66. The zero-order valence-corrected chi connectivity index (χ0v) is 32.9. The van der Waals surface area contributed by atoms with Crippen molar-refractivity contribution in [2.75, 3.05) is 43.9 Å². The van der Waals surface area contributed by atoms with Gasteiger partial charge >= 0.3 is 5.97 Å². The summed E-state index contributed by atoms with van der Waals surface area (Å²) in [5.41, 5.74) is 5.29. The van der Waals surface area contributed by atoms with Gasteiger partial charge in [-0.25, -0.2) is 0 Å². The number of carboxylic acid groups (broad SMARTS) is 1. The first-order valence-electron chi connectivity index (χ1n) is 18.6. The number of amides is 1. The van der Waals surface area contributed by atoms with E-state index in [0.29, 0.717) is 18.6 Å². The van der Waals surface area contributed by atoms with Crippen molar-refractivity contribution in [1.82, 2.24) is 15.5 Å². The zero-order valence-electron chi connectivity index (χ0n) is 32.1. The summed E-state index contributed by atoms with van der Waals surface area (Å²) in [5, 5.41) is 14.7. The van der Waals surface area contributed by atoms with E-state index in [0.717, 1.165) is 60.7 Å². The lowest BCUT2D eigenvalue weighted by Gasteiger charge is -2.33. The first-order valence-corrected chi connectivity index (χ1v) is 20.2. The minimum absolute atomic E-state index is 0.0686. The van der Waals surface area contributed by atoms with E-state index in [4.69, 9.17) is 10.1 Å². The number of unbranched alkanes of at least 4 members (excludes halogenated alkanes) is 2. The second-order valence-electron chi connectivity index (χ2n) is 15.3. The average molecular weight is 760 g/mol. The Labute approximate surface area is 318 Å². The van der Waals surface area contributed by atoms with Crippen molar-refractivity contribution in [2.45, 2.75) is 83.6 Å². The predicted octanol–water partition coefficient (Wildman–Crippen LogP) is 5.44. The van der Waals surface area contributed by atoms with Crippen LogP contribution in [0.3, 0.4) is 0 Å². The summed E-state index contributed by atoms with van der Waals surface area (Å²) in [6.07, 6.45) is 6.06. The number of carboxylic acids is 1. The number of hydrogen-bond donors (Lipinski definition) is 4. The van der Waals surface area contributed by atoms with Crippen LogP contribution in [0.1, 0.15) is 77.8 Å². The number of carbonyl (C=O) groups excluding carboxylic acids is 2. The number of aliphatic imine (C=N–C) groups is 1. The molecule has 0 aromatic heterocycles. The number of anilines is 1. The van der Waals surface area contributed by atoms with Crippen molar-refractivity contribution < 1.29 is 32.5 Å². The molecule has 0 bridgehead atoms. The normalized spacial score (nSPS) is 19.1. The summed E-state index contributed by atoms with van der Waals surface area (Å²) in [5.74, 6) is -2.89. The molecule has 2 aromatic rings. The van der Waals surface area contributed by atoms with Crippen LogP contribution >= 0.6 is 0 Å². The fourth-order valence-corrected chi connectivity index (χ4v) is 7.99. The molecule has 0 saturated carbocycles. The van der Waals surface area contributed by atoms with E-state index in [9.17, 15) is 27.4 Å². The molecule has 54 heavy (non-hydrogen) atoms. The van der Waals surface area contributed by atoms with Crippen LogP contribution in [0.2, 0.25) is 0 Å². The molecule has 4 N–H and O–H groups in total. The predicted molar refractivity (Wildman–Crippen MR) is 212 cm³/mol. The molecule has 0 saturated heterocycles. The van der Waals surface area contributed by atoms with Crippen molar-refractivity contribution in [3.8, 4) is 0 Å². The van der Waals surface area contributed by atoms with Gasteiger partial charge in [-0.3, -0.25) is 23.9 Å². The first kappa shape index (κ1) is 40.6. The molecule has 0 radical (unpaired) electrons. The third-order valence-corrected chi connectivity index (χ3v) is 11.4. The van der Waals surface area contributed by atoms with Gasteiger partial charge in [0, 0.05) is 52.9 Å². The van der Waals surface area contributed by atoms with E-state index in [1.165, 1.54) is 0 Å². The second kappa shape index (κ2) is 16.4. The zero-order chi connectivity index (χ0) is 39.4. The third kappa shape index (κ3) is 8.85. The molecule has 12 nitrogen and oxygen atoms in total. The number of fused-ring (bicyclic) bond motifs is 2. The minimum Gasteiger partial charge on any atom is -0.481 e. The number of hydrogen-bond acceptors (Lipinski definition) is 9. The highest BCUT2D eigenvalue weighted by Crippen LogP contribution is 2.49. The molecule has 5 rings (SSSR count). The molecule has 1 amide bonds. The molecule has 2 heterocycles. The highest BCUT2D eigenvalue weighted by atomic mass is 32.2. The number of para-hydroxylation sites is 2. The Morgan fingerprint density at radius 1 is 0.963 bits per heavy atom. The monoisotopic (exact) mass is 759 g/mol. The summed E-state index contributed by atoms with van der Waals surface area (Å²) in [6, 6.07) is 14.5. The summed E-state index contributed by atoms with van der Waals surface area (Å²) in [4.78, 5) is 48.1. The molecular weight excluding hydrogens is 707 g/mol. The molecule has 290 valence electrons. The van der Waals surface area contributed by atoms with Crippen molar-refractivity contribution in [1.29, 1.82) is 0 Å². The lowest BCUT2D eigenvalue weighted by atomic mass is 9.77. The number of carbonyl (C=O) groups is 3. The smallest absolute Gasteiger partial charge is 0.303 e. The molecule has 13 heteroatoms. The highest BCUT2D eigenvalue weighted by molar-refractivity contribution is 7.85. The standard InChI is InChI=1S/C41H53N5O7S/c1-7-45(6)22-14-15-23-46-33-19-11-9-17-30(33)41(4,5)35(46)25-28-37(44-32(26-54(51,52)53)39(50)42-21-13-12-20-36(47)48)27(38(28)49)24-34-40(2,3)29-16-8-10-18-31(29)43-34/h8-11,16-19,24-25,32,44H,7,12-15,20-23,26H2,1-6H3,(H,42,50)(H,47,48)(H,51,52,53)/b27-24-,35-25+. The lowest BCUT2D eigenvalue weighted by Crippen LogP contribution is -2.50. The summed E-state index contributed by atoms with van der Waals surface area (Å²) in [7, 11) is -2.56. The lowest BCUT2D eigenvalue weighted by molar-refractivity contribution is -0.137. The Kier molecular flexibility index (Phi) is 12.3. The maximum Gasteiger partial charge on any atom is 0.303 e. The van der Waals surface area contributed by atoms with Crippen LogP contribution in [0.4, 0.5) is 11.4 Å². The van der Waals surface area contributed by atoms with Gasteiger partial charge < -0.3 is 25.5 Å². The van der Waals surface area contributed by atoms with Gasteiger partial charge in [0.1, 0.15) is 11.8 Å². The van der Waals surface area contributed by atoms with Crippen LogP contribution < -0.4 is 15.5 Å². The van der Waals surface area contributed by atoms with Crippen LogP contribution in [0, 0.1) is 0 Å². The van der Waals surface area contributed by atoms with Crippen molar-refractivity contribution in [2.24, 2.45) is 4.99 Å². The van der Waals surface area contributed by atoms with Crippen LogP contribution in [-0.2, 0) is 35.3 Å². The van der Waals surface area contributed by atoms with Crippen LogP contribution in [0.25, 0.3) is 0 Å². The number of ketones is 1. The van der Waals surface area contributed by atoms with E-state index >= 15 is 0 Å². The maximum absolute atomic E-state index is 14.3. The van der Waals surface area contributed by atoms with Crippen molar-refractivity contribution in [3.63, 3.8) is 0 Å². The van der Waals surface area contributed by atoms with Crippen LogP contribution in [0.15, 0.2) is 88.2 Å². The van der Waals surface area contributed by atoms with Crippen molar-refractivity contribution >= 4 is 44.9 Å². The highest BCUT2D eigenvalue weighted by Gasteiger charge is 2.44. The third-order valence-electron chi connectivity index (χ3n) is 10.7. The van der Waals surface area contributed by atoms with E-state index in [2.05, 4.69) is 60.4 Å². The van der Waals surface area contributed by atoms with Gasteiger partial charge in [-0.2, -0.15) is 8.42 Å². The Hall–Kier alpha value is -4.59. The molecule has 3 aliphatic rings. The fourth-order valence-electron chi connectivity index (χ4n) is 7.33. The first-order chi connectivity index (χ1) is 25.5. The molecule has 0 spiro atoms. The number of allylic oxidation sites excluding steroid dienone is 5. The number of nitrogens with one attached hydrogen (secondary N) is 2. The van der Waals surface area contributed by atoms with Gasteiger partial charge in [0.2, 0.25) is 5.91 Å². The maximum atomic E-state index is 14.3. The molecule has 1 atom stereocenters. The number of rotatable bonds is 18. The molecular formula is C41H53N5O7S. The molecule has 2 aromatic carbocycles. The number of aliphatic carboxylic acids is 1. The average Bonchev–Trinajstić information content (AvgIpc) is 3.50. The van der Waals surface area contributed by atoms with Gasteiger partial charge in [0.05, 0.1) is 17.1 Å². The Bertz CT molecular complexity index is 2030. The van der Waals surface area contributed by atoms with Gasteiger partial charge in [0.15, 0.2) is 5.78 Å². The van der Waals surface area contributed by atoms with Crippen molar-refractivity contribution in [3.05, 3.63) is 94.4 Å². The van der Waals surface area contributed by atoms with E-state index in [1.807, 2.05) is 56.3 Å². The van der Waals surface area contributed by atoms with Gasteiger partial charge in [-0.1, -0.05) is 71.0 Å². The van der Waals surface area contributed by atoms with Gasteiger partial charge in [-0.15, -0.1) is 0 Å².